The summed E-state index contributed by atoms with van der Waals surface area (Å²) in [7, 11) is 5.77. The zero-order chi connectivity index (χ0) is 37.7. The Balaban J connectivity index is 0. The summed E-state index contributed by atoms with van der Waals surface area (Å²) in [6.45, 7) is 15.5. The minimum absolute atomic E-state index is 0. The lowest BCUT2D eigenvalue weighted by Crippen LogP contribution is -2.30. The van der Waals surface area contributed by atoms with Crippen LogP contribution in [0.1, 0.15) is 82.5 Å². The Morgan fingerprint density at radius 3 is 1.53 bits per heavy atom. The number of rotatable bonds is 21. The van der Waals surface area contributed by atoms with Gasteiger partial charge in [-0.2, -0.15) is 0 Å². The first-order valence-corrected chi connectivity index (χ1v) is 17.1. The molecule has 2 rings (SSSR count). The smallest absolute Gasteiger partial charge is 0.251 e. The fraction of sp³-hybridized carbons (Fsp3) is 0.579. The van der Waals surface area contributed by atoms with Gasteiger partial charge >= 0.3 is 0 Å². The van der Waals surface area contributed by atoms with E-state index in [1.54, 1.807) is 48.5 Å². The van der Waals surface area contributed by atoms with E-state index in [9.17, 15) is 19.2 Å². The molecule has 0 fully saturated rings. The molecule has 3 amide bonds. The second-order valence-corrected chi connectivity index (χ2v) is 11.8. The highest BCUT2D eigenvalue weighted by molar-refractivity contribution is 5.96. The predicted molar refractivity (Wildman–Crippen MR) is 208 cm³/mol. The van der Waals surface area contributed by atoms with Gasteiger partial charge in [0.1, 0.15) is 0 Å². The summed E-state index contributed by atoms with van der Waals surface area (Å²) < 4.78 is 16.5. The maximum Gasteiger partial charge on any atom is 0.251 e. The lowest BCUT2D eigenvalue weighted by atomic mass is 10.1. The quantitative estimate of drug-likeness (QED) is 0.0799. The Hall–Kier alpha value is -3.72. The van der Waals surface area contributed by atoms with Crippen LogP contribution in [0.3, 0.4) is 0 Å². The fourth-order valence-corrected chi connectivity index (χ4v) is 3.78. The standard InChI is InChI=1S/C14H21N3O2.C13H30N2O3.C10H11NO2.CH4/c1-11(18)17-13-7-5-12(6-8-13)14(19)16-10-4-3-9-15-2;1-11(14-4)8-16-6-7-17-10-13(3)18-9-12(2)15-5;1-7(12)9-3-5-10(6-4-9)11-8(2)13;/h5-8,15H,3-4,9-10H2,1-2H3,(H,16,19)(H,17,18);11-15H,6-10H2,1-5H3;3-6H,1-2H3,(H,11,13);1H4. The van der Waals surface area contributed by atoms with Gasteiger partial charge in [-0.05, 0) is 117 Å². The number of nitrogens with one attached hydrogen (secondary N) is 6. The molecule has 0 radical (unpaired) electrons. The number of carbonyl (C=O) groups excluding carboxylic acids is 4. The average molecular weight is 719 g/mol. The number of unbranched alkanes of at least 4 members (excludes halogenated alkanes) is 1. The number of likely N-dealkylation sites (N-methyl/N-ethyl adjacent to an activating group) is 2. The highest BCUT2D eigenvalue weighted by Crippen LogP contribution is 2.10. The van der Waals surface area contributed by atoms with Crippen LogP contribution in [0, 0.1) is 0 Å². The highest BCUT2D eigenvalue weighted by Gasteiger charge is 2.06. The molecular weight excluding hydrogens is 652 g/mol. The summed E-state index contributed by atoms with van der Waals surface area (Å²) in [6, 6.07) is 14.4. The van der Waals surface area contributed by atoms with E-state index in [1.165, 1.54) is 20.8 Å². The van der Waals surface area contributed by atoms with Gasteiger partial charge in [-0.1, -0.05) is 7.43 Å². The van der Waals surface area contributed by atoms with Crippen molar-refractivity contribution in [3.63, 3.8) is 0 Å². The summed E-state index contributed by atoms with van der Waals surface area (Å²) in [4.78, 5) is 44.2. The van der Waals surface area contributed by atoms with Crippen molar-refractivity contribution >= 4 is 34.9 Å². The third-order valence-corrected chi connectivity index (χ3v) is 6.93. The van der Waals surface area contributed by atoms with Gasteiger partial charge in [0.05, 0.1) is 39.1 Å². The second-order valence-electron chi connectivity index (χ2n) is 11.8. The average Bonchev–Trinajstić information content (AvgIpc) is 3.09. The van der Waals surface area contributed by atoms with Crippen LogP contribution in [0.2, 0.25) is 0 Å². The number of ether oxygens (including phenoxy) is 3. The zero-order valence-electron chi connectivity index (χ0n) is 31.6. The van der Waals surface area contributed by atoms with Gasteiger partial charge < -0.3 is 46.1 Å². The molecule has 2 aromatic carbocycles. The van der Waals surface area contributed by atoms with Gasteiger partial charge in [0.25, 0.3) is 5.91 Å². The maximum atomic E-state index is 11.8. The first kappa shape index (κ1) is 49.4. The first-order chi connectivity index (χ1) is 23.8. The van der Waals surface area contributed by atoms with E-state index in [-0.39, 0.29) is 37.0 Å². The van der Waals surface area contributed by atoms with Crippen molar-refractivity contribution in [2.75, 3.05) is 77.9 Å². The van der Waals surface area contributed by atoms with Gasteiger partial charge in [0.15, 0.2) is 5.78 Å². The summed E-state index contributed by atoms with van der Waals surface area (Å²) in [5.74, 6) is -0.300. The van der Waals surface area contributed by atoms with Crippen LogP contribution < -0.4 is 31.9 Å². The van der Waals surface area contributed by atoms with Crippen molar-refractivity contribution in [1.82, 2.24) is 21.3 Å². The van der Waals surface area contributed by atoms with Gasteiger partial charge in [-0.15, -0.1) is 0 Å². The number of carbonyl (C=O) groups is 4. The van der Waals surface area contributed by atoms with Crippen LogP contribution in [0.25, 0.3) is 0 Å². The van der Waals surface area contributed by atoms with Crippen molar-refractivity contribution < 1.29 is 33.4 Å². The molecule has 290 valence electrons. The van der Waals surface area contributed by atoms with E-state index in [0.717, 1.165) is 19.4 Å². The molecule has 0 bridgehead atoms. The number of hydrogen-bond acceptors (Lipinski definition) is 10. The molecule has 2 aromatic rings. The normalized spacial score (nSPS) is 11.9. The molecule has 0 aliphatic rings. The molecule has 13 heteroatoms. The van der Waals surface area contributed by atoms with Gasteiger partial charge in [0, 0.05) is 55.0 Å². The van der Waals surface area contributed by atoms with Crippen LogP contribution in [0.5, 0.6) is 0 Å². The number of Topliss-reactive ketones (excluding diaryl/α,β-unsaturated/α-hetero) is 1. The van der Waals surface area contributed by atoms with Crippen LogP contribution in [0.4, 0.5) is 11.4 Å². The topological polar surface area (TPSA) is 168 Å². The van der Waals surface area contributed by atoms with Crippen molar-refractivity contribution in [2.24, 2.45) is 0 Å². The van der Waals surface area contributed by atoms with Crippen molar-refractivity contribution in [3.05, 3.63) is 59.7 Å². The summed E-state index contributed by atoms with van der Waals surface area (Å²) in [5.41, 5.74) is 2.65. The SMILES string of the molecule is C.CC(=O)Nc1ccc(C(C)=O)cc1.CNC(C)COCCOCC(C)OCC(C)NC.CNCCCCNC(=O)c1ccc(NC(C)=O)cc1. The van der Waals surface area contributed by atoms with E-state index in [1.807, 2.05) is 28.1 Å². The lowest BCUT2D eigenvalue weighted by molar-refractivity contribution is -0.115. The molecular formula is C38H66N6O7. The monoisotopic (exact) mass is 718 g/mol. The minimum atomic E-state index is -0.123. The first-order valence-electron chi connectivity index (χ1n) is 17.1. The Labute approximate surface area is 306 Å². The molecule has 51 heavy (non-hydrogen) atoms. The summed E-state index contributed by atoms with van der Waals surface area (Å²) in [5, 5.41) is 17.5. The van der Waals surface area contributed by atoms with Gasteiger partial charge in [-0.3, -0.25) is 19.2 Å². The fourth-order valence-electron chi connectivity index (χ4n) is 3.78. The molecule has 0 saturated heterocycles. The number of benzene rings is 2. The third-order valence-electron chi connectivity index (χ3n) is 6.93. The number of anilines is 2. The van der Waals surface area contributed by atoms with Gasteiger partial charge in [0.2, 0.25) is 11.8 Å². The summed E-state index contributed by atoms with van der Waals surface area (Å²) in [6.07, 6.45) is 2.12. The number of ketones is 1. The van der Waals surface area contributed by atoms with Gasteiger partial charge in [-0.25, -0.2) is 0 Å². The molecule has 0 spiro atoms. The van der Waals surface area contributed by atoms with Crippen molar-refractivity contribution in [2.45, 2.75) is 80.0 Å². The van der Waals surface area contributed by atoms with Crippen molar-refractivity contribution in [1.29, 1.82) is 0 Å². The van der Waals surface area contributed by atoms with Crippen molar-refractivity contribution in [3.8, 4) is 0 Å². The third kappa shape index (κ3) is 27.7. The Kier molecular flexibility index (Phi) is 30.1. The number of hydrogen-bond donors (Lipinski definition) is 6. The van der Waals surface area contributed by atoms with E-state index in [4.69, 9.17) is 14.2 Å². The Bertz CT molecular complexity index is 1210. The molecule has 0 aliphatic heterocycles. The largest absolute Gasteiger partial charge is 0.377 e. The maximum absolute atomic E-state index is 11.8. The zero-order valence-corrected chi connectivity index (χ0v) is 31.6. The van der Waals surface area contributed by atoms with Crippen LogP contribution >= 0.6 is 0 Å². The van der Waals surface area contributed by atoms with Crippen LogP contribution in [-0.4, -0.2) is 109 Å². The molecule has 6 N–H and O–H groups in total. The molecule has 3 unspecified atom stereocenters. The summed E-state index contributed by atoms with van der Waals surface area (Å²) >= 11 is 0. The molecule has 3 atom stereocenters. The van der Waals surface area contributed by atoms with E-state index in [2.05, 4.69) is 45.7 Å². The molecule has 0 saturated carbocycles. The highest BCUT2D eigenvalue weighted by atomic mass is 16.5. The second kappa shape index (κ2) is 31.1. The molecule has 0 heterocycles. The predicted octanol–water partition coefficient (Wildman–Crippen LogP) is 4.50. The number of amides is 3. The minimum Gasteiger partial charge on any atom is -0.377 e. The Morgan fingerprint density at radius 2 is 1.08 bits per heavy atom. The van der Waals surface area contributed by atoms with Crippen LogP contribution in [-0.2, 0) is 23.8 Å². The van der Waals surface area contributed by atoms with Crippen LogP contribution in [0.15, 0.2) is 48.5 Å². The molecule has 13 nitrogen and oxygen atoms in total. The van der Waals surface area contributed by atoms with E-state index in [0.29, 0.717) is 74.2 Å². The lowest BCUT2D eigenvalue weighted by Gasteiger charge is -2.17. The van der Waals surface area contributed by atoms with E-state index >= 15 is 0 Å². The molecule has 0 aliphatic carbocycles. The Morgan fingerprint density at radius 1 is 0.627 bits per heavy atom. The molecule has 0 aromatic heterocycles. The van der Waals surface area contributed by atoms with E-state index < -0.39 is 0 Å².